The summed E-state index contributed by atoms with van der Waals surface area (Å²) in [4.78, 5) is 24.1. The van der Waals surface area contributed by atoms with Gasteiger partial charge in [0.1, 0.15) is 11.1 Å². The van der Waals surface area contributed by atoms with Crippen molar-refractivity contribution < 1.29 is 14.0 Å². The number of thioether (sulfide) groups is 1. The van der Waals surface area contributed by atoms with E-state index in [1.165, 1.54) is 24.3 Å². The third-order valence-corrected chi connectivity index (χ3v) is 4.83. The van der Waals surface area contributed by atoms with Crippen molar-refractivity contribution in [3.63, 3.8) is 0 Å². The van der Waals surface area contributed by atoms with Gasteiger partial charge in [0.25, 0.3) is 0 Å². The summed E-state index contributed by atoms with van der Waals surface area (Å²) in [6.07, 6.45) is -0.0196. The summed E-state index contributed by atoms with van der Waals surface area (Å²) >= 11 is 1.16. The summed E-state index contributed by atoms with van der Waals surface area (Å²) in [6, 6.07) is 15.0. The number of hydrogen-bond donors (Lipinski definition) is 2. The van der Waals surface area contributed by atoms with E-state index in [1.807, 2.05) is 37.3 Å². The van der Waals surface area contributed by atoms with E-state index in [-0.39, 0.29) is 24.1 Å². The van der Waals surface area contributed by atoms with Crippen molar-refractivity contribution in [2.45, 2.75) is 18.6 Å². The zero-order chi connectivity index (χ0) is 19.2. The van der Waals surface area contributed by atoms with E-state index in [4.69, 9.17) is 0 Å². The summed E-state index contributed by atoms with van der Waals surface area (Å²) < 4.78 is 12.9. The molecule has 0 aliphatic carbocycles. The number of halogens is 1. The Labute approximate surface area is 160 Å². The number of benzene rings is 2. The van der Waals surface area contributed by atoms with Crippen LogP contribution in [0.3, 0.4) is 0 Å². The normalized spacial score (nSPS) is 18.4. The first kappa shape index (κ1) is 18.8. The second-order valence-electron chi connectivity index (χ2n) is 5.81. The van der Waals surface area contributed by atoms with Gasteiger partial charge in [-0.25, -0.2) is 4.39 Å². The smallest absolute Gasteiger partial charge is 0.240 e. The Bertz CT molecular complexity index is 898. The number of amides is 2. The molecule has 1 atom stereocenters. The SMILES string of the molecule is C/C(=N\N=C1/NC(=O)C(CC(=O)Nc2ccc(F)cc2)S1)c1ccccc1. The number of rotatable bonds is 5. The molecule has 1 heterocycles. The third-order valence-electron chi connectivity index (χ3n) is 3.76. The van der Waals surface area contributed by atoms with Crippen LogP contribution in [0.4, 0.5) is 10.1 Å². The molecular weight excluding hydrogens is 367 g/mol. The molecule has 0 spiro atoms. The van der Waals surface area contributed by atoms with Crippen LogP contribution in [0.25, 0.3) is 0 Å². The molecule has 1 saturated heterocycles. The van der Waals surface area contributed by atoms with Crippen LogP contribution in [0.5, 0.6) is 0 Å². The average molecular weight is 384 g/mol. The van der Waals surface area contributed by atoms with Gasteiger partial charge in [-0.15, -0.1) is 5.10 Å². The van der Waals surface area contributed by atoms with Crippen LogP contribution in [0.2, 0.25) is 0 Å². The van der Waals surface area contributed by atoms with E-state index in [0.29, 0.717) is 10.9 Å². The van der Waals surface area contributed by atoms with Gasteiger partial charge in [-0.3, -0.25) is 9.59 Å². The molecule has 1 fully saturated rings. The quantitative estimate of drug-likeness (QED) is 0.614. The molecule has 2 N–H and O–H groups in total. The molecule has 0 saturated carbocycles. The van der Waals surface area contributed by atoms with Crippen molar-refractivity contribution in [1.29, 1.82) is 0 Å². The van der Waals surface area contributed by atoms with Gasteiger partial charge in [0.2, 0.25) is 11.8 Å². The third kappa shape index (κ3) is 5.24. The maximum atomic E-state index is 12.9. The molecule has 3 rings (SSSR count). The molecule has 0 radical (unpaired) electrons. The summed E-state index contributed by atoms with van der Waals surface area (Å²) in [5, 5.41) is 13.2. The predicted octanol–water partition coefficient (Wildman–Crippen LogP) is 3.17. The molecule has 1 unspecified atom stereocenters. The lowest BCUT2D eigenvalue weighted by Crippen LogP contribution is -2.28. The van der Waals surface area contributed by atoms with Crippen LogP contribution in [0.15, 0.2) is 64.8 Å². The Morgan fingerprint density at radius 3 is 2.59 bits per heavy atom. The minimum absolute atomic E-state index is 0.0196. The molecule has 138 valence electrons. The lowest BCUT2D eigenvalue weighted by molar-refractivity contribution is -0.122. The molecule has 8 heteroatoms. The Morgan fingerprint density at radius 2 is 1.89 bits per heavy atom. The molecule has 0 bridgehead atoms. The van der Waals surface area contributed by atoms with Crippen LogP contribution >= 0.6 is 11.8 Å². The fourth-order valence-corrected chi connectivity index (χ4v) is 3.28. The highest BCUT2D eigenvalue weighted by Crippen LogP contribution is 2.23. The average Bonchev–Trinajstić information content (AvgIpc) is 3.01. The molecule has 2 aromatic carbocycles. The van der Waals surface area contributed by atoms with E-state index in [9.17, 15) is 14.0 Å². The molecule has 0 aromatic heterocycles. The number of nitrogens with zero attached hydrogens (tertiary/aromatic N) is 2. The minimum atomic E-state index is -0.587. The number of amidine groups is 1. The standard InChI is InChI=1S/C19H17FN4O2S/c1-12(13-5-3-2-4-6-13)23-24-19-22-18(26)16(27-19)11-17(25)21-15-9-7-14(20)8-10-15/h2-10,16H,11H2,1H3,(H,21,25)(H,22,24,26)/b23-12+. The number of carbonyl (C=O) groups is 2. The first-order valence-electron chi connectivity index (χ1n) is 8.22. The lowest BCUT2D eigenvalue weighted by Gasteiger charge is -2.07. The molecule has 2 amide bonds. The maximum Gasteiger partial charge on any atom is 0.240 e. The lowest BCUT2D eigenvalue weighted by atomic mass is 10.1. The van der Waals surface area contributed by atoms with Crippen LogP contribution < -0.4 is 10.6 Å². The zero-order valence-corrected chi connectivity index (χ0v) is 15.3. The van der Waals surface area contributed by atoms with Gasteiger partial charge in [0, 0.05) is 12.1 Å². The summed E-state index contributed by atoms with van der Waals surface area (Å²) in [6.45, 7) is 1.83. The Morgan fingerprint density at radius 1 is 1.19 bits per heavy atom. The van der Waals surface area contributed by atoms with E-state index >= 15 is 0 Å². The number of nitrogens with one attached hydrogen (secondary N) is 2. The fourth-order valence-electron chi connectivity index (χ4n) is 2.36. The second kappa shape index (κ2) is 8.59. The van der Waals surface area contributed by atoms with E-state index in [0.717, 1.165) is 23.0 Å². The Kier molecular flexibility index (Phi) is 5.97. The van der Waals surface area contributed by atoms with Crippen molar-refractivity contribution in [1.82, 2.24) is 5.32 Å². The number of carbonyl (C=O) groups excluding carboxylic acids is 2. The number of anilines is 1. The van der Waals surface area contributed by atoms with Crippen LogP contribution in [0, 0.1) is 5.82 Å². The van der Waals surface area contributed by atoms with Crippen molar-refractivity contribution >= 4 is 40.1 Å². The minimum Gasteiger partial charge on any atom is -0.326 e. The monoisotopic (exact) mass is 384 g/mol. The molecule has 27 heavy (non-hydrogen) atoms. The van der Waals surface area contributed by atoms with E-state index in [2.05, 4.69) is 20.8 Å². The molecule has 1 aliphatic heterocycles. The highest BCUT2D eigenvalue weighted by Gasteiger charge is 2.32. The van der Waals surface area contributed by atoms with Crippen LogP contribution in [-0.2, 0) is 9.59 Å². The van der Waals surface area contributed by atoms with Crippen molar-refractivity contribution in [3.8, 4) is 0 Å². The van der Waals surface area contributed by atoms with Gasteiger partial charge in [-0.05, 0) is 36.8 Å². The van der Waals surface area contributed by atoms with Crippen LogP contribution in [-0.4, -0.2) is 27.9 Å². The topological polar surface area (TPSA) is 82.9 Å². The van der Waals surface area contributed by atoms with Gasteiger partial charge >= 0.3 is 0 Å². The fraction of sp³-hybridized carbons (Fsp3) is 0.158. The van der Waals surface area contributed by atoms with Gasteiger partial charge < -0.3 is 10.6 Å². The summed E-state index contributed by atoms with van der Waals surface area (Å²) in [7, 11) is 0. The van der Waals surface area contributed by atoms with E-state index < -0.39 is 5.25 Å². The number of hydrogen-bond acceptors (Lipinski definition) is 5. The first-order valence-corrected chi connectivity index (χ1v) is 9.10. The van der Waals surface area contributed by atoms with Gasteiger partial charge in [0.15, 0.2) is 5.17 Å². The van der Waals surface area contributed by atoms with Gasteiger partial charge in [0.05, 0.1) is 5.71 Å². The second-order valence-corrected chi connectivity index (χ2v) is 7.00. The van der Waals surface area contributed by atoms with Crippen molar-refractivity contribution in [3.05, 3.63) is 66.0 Å². The largest absolute Gasteiger partial charge is 0.326 e. The highest BCUT2D eigenvalue weighted by molar-refractivity contribution is 8.15. The summed E-state index contributed by atoms with van der Waals surface area (Å²) in [5.41, 5.74) is 2.13. The highest BCUT2D eigenvalue weighted by atomic mass is 32.2. The summed E-state index contributed by atoms with van der Waals surface area (Å²) in [5.74, 6) is -1.01. The molecule has 1 aliphatic rings. The molecule has 6 nitrogen and oxygen atoms in total. The Hall–Kier alpha value is -3.00. The van der Waals surface area contributed by atoms with Gasteiger partial charge in [-0.1, -0.05) is 42.1 Å². The molecule has 2 aromatic rings. The van der Waals surface area contributed by atoms with Crippen molar-refractivity contribution in [2.24, 2.45) is 10.2 Å². The van der Waals surface area contributed by atoms with Crippen molar-refractivity contribution in [2.75, 3.05) is 5.32 Å². The Balaban J connectivity index is 1.58. The zero-order valence-electron chi connectivity index (χ0n) is 14.5. The van der Waals surface area contributed by atoms with E-state index in [1.54, 1.807) is 0 Å². The van der Waals surface area contributed by atoms with Crippen LogP contribution in [0.1, 0.15) is 18.9 Å². The predicted molar refractivity (Wildman–Crippen MR) is 105 cm³/mol. The first-order chi connectivity index (χ1) is 13.0. The maximum absolute atomic E-state index is 12.9. The molecular formula is C19H17FN4O2S. The van der Waals surface area contributed by atoms with Gasteiger partial charge in [-0.2, -0.15) is 5.10 Å².